The average molecular weight is 423 g/mol. The molecule has 0 radical (unpaired) electrons. The Bertz CT molecular complexity index is 672. The van der Waals surface area contributed by atoms with Gasteiger partial charge in [0.1, 0.15) is 18.2 Å². The molecule has 168 valence electrons. The molecule has 0 aliphatic heterocycles. The number of nitrogens with zero attached hydrogens (tertiary/aromatic N) is 1. The summed E-state index contributed by atoms with van der Waals surface area (Å²) in [7, 11) is 0. The highest BCUT2D eigenvalue weighted by Gasteiger charge is 2.31. The molecule has 0 bridgehead atoms. The lowest BCUT2D eigenvalue weighted by atomic mass is 10.1. The Kier molecular flexibility index (Phi) is 10.7. The number of hydrogen-bond acceptors (Lipinski definition) is 6. The minimum atomic E-state index is -0.793. The van der Waals surface area contributed by atoms with Crippen molar-refractivity contribution in [3.63, 3.8) is 0 Å². The van der Waals surface area contributed by atoms with Crippen molar-refractivity contribution < 1.29 is 28.6 Å². The molecule has 0 aliphatic carbocycles. The van der Waals surface area contributed by atoms with Crippen LogP contribution >= 0.6 is 0 Å². The first kappa shape index (κ1) is 25.3. The van der Waals surface area contributed by atoms with E-state index in [9.17, 15) is 14.4 Å². The largest absolute Gasteiger partial charge is 0.464 e. The van der Waals surface area contributed by atoms with Crippen molar-refractivity contribution in [1.82, 2.24) is 10.2 Å². The number of ether oxygens (including phenoxy) is 3. The zero-order valence-electron chi connectivity index (χ0n) is 18.6. The predicted octanol–water partition coefficient (Wildman–Crippen LogP) is 3.88. The molecule has 1 unspecified atom stereocenters. The number of benzene rings is 1. The van der Waals surface area contributed by atoms with E-state index in [1.54, 1.807) is 27.7 Å². The van der Waals surface area contributed by atoms with Gasteiger partial charge in [0.2, 0.25) is 0 Å². The van der Waals surface area contributed by atoms with Gasteiger partial charge in [0.05, 0.1) is 6.61 Å². The summed E-state index contributed by atoms with van der Waals surface area (Å²) < 4.78 is 15.8. The lowest BCUT2D eigenvalue weighted by molar-refractivity contribution is -0.149. The molecule has 30 heavy (non-hydrogen) atoms. The molecular formula is C22H34N2O6. The fraction of sp³-hybridized carbons (Fsp3) is 0.591. The summed E-state index contributed by atoms with van der Waals surface area (Å²) in [6.07, 6.45) is -0.142. The van der Waals surface area contributed by atoms with Crippen molar-refractivity contribution in [2.45, 2.75) is 65.7 Å². The Morgan fingerprint density at radius 2 is 1.73 bits per heavy atom. The van der Waals surface area contributed by atoms with Gasteiger partial charge in [-0.15, -0.1) is 0 Å². The summed E-state index contributed by atoms with van der Waals surface area (Å²) in [5.41, 5.74) is 0.203. The van der Waals surface area contributed by atoms with E-state index in [-0.39, 0.29) is 26.3 Å². The highest BCUT2D eigenvalue weighted by atomic mass is 16.6. The molecule has 8 nitrogen and oxygen atoms in total. The molecule has 1 aromatic rings. The summed E-state index contributed by atoms with van der Waals surface area (Å²) in [4.78, 5) is 38.5. The number of rotatable bonds is 10. The van der Waals surface area contributed by atoms with Gasteiger partial charge in [0.15, 0.2) is 0 Å². The number of carbonyl (C=O) groups is 3. The fourth-order valence-electron chi connectivity index (χ4n) is 2.68. The Morgan fingerprint density at radius 3 is 2.30 bits per heavy atom. The fourth-order valence-corrected chi connectivity index (χ4v) is 2.68. The van der Waals surface area contributed by atoms with E-state index < -0.39 is 29.8 Å². The monoisotopic (exact) mass is 422 g/mol. The topological polar surface area (TPSA) is 94.2 Å². The van der Waals surface area contributed by atoms with E-state index in [1.165, 1.54) is 4.90 Å². The minimum absolute atomic E-state index is 0.0797. The van der Waals surface area contributed by atoms with E-state index in [4.69, 9.17) is 14.2 Å². The first-order chi connectivity index (χ1) is 14.2. The second kappa shape index (κ2) is 12.7. The molecule has 1 N–H and O–H groups in total. The van der Waals surface area contributed by atoms with Gasteiger partial charge in [-0.1, -0.05) is 43.7 Å². The molecule has 0 aliphatic rings. The van der Waals surface area contributed by atoms with Crippen molar-refractivity contribution in [2.24, 2.45) is 0 Å². The zero-order chi connectivity index (χ0) is 22.6. The molecule has 0 fully saturated rings. The number of nitrogens with one attached hydrogen (secondary N) is 1. The molecule has 8 heteroatoms. The normalized spacial score (nSPS) is 11.9. The predicted molar refractivity (Wildman–Crippen MR) is 113 cm³/mol. The molecule has 0 spiro atoms. The van der Waals surface area contributed by atoms with Crippen molar-refractivity contribution >= 4 is 18.2 Å². The van der Waals surface area contributed by atoms with Crippen LogP contribution in [0.15, 0.2) is 30.3 Å². The molecule has 0 saturated carbocycles. The van der Waals surface area contributed by atoms with Gasteiger partial charge >= 0.3 is 18.2 Å². The summed E-state index contributed by atoms with van der Waals surface area (Å²) in [6, 6.07) is 8.47. The Labute approximate surface area is 178 Å². The maximum absolute atomic E-state index is 12.8. The maximum Gasteiger partial charge on any atom is 0.410 e. The Balaban J connectivity index is 2.83. The highest BCUT2D eigenvalue weighted by molar-refractivity contribution is 5.81. The third-order valence-corrected chi connectivity index (χ3v) is 3.96. The van der Waals surface area contributed by atoms with Gasteiger partial charge in [-0.05, 0) is 39.7 Å². The van der Waals surface area contributed by atoms with Crippen LogP contribution in [-0.4, -0.2) is 54.4 Å². The zero-order valence-corrected chi connectivity index (χ0v) is 18.6. The summed E-state index contributed by atoms with van der Waals surface area (Å²) in [5.74, 6) is -0.492. The van der Waals surface area contributed by atoms with E-state index in [0.29, 0.717) is 12.8 Å². The number of amides is 2. The second-order valence-corrected chi connectivity index (χ2v) is 7.72. The lowest BCUT2D eigenvalue weighted by Gasteiger charge is -2.29. The Hall–Kier alpha value is -2.77. The van der Waals surface area contributed by atoms with Crippen molar-refractivity contribution in [2.75, 3.05) is 19.7 Å². The van der Waals surface area contributed by atoms with E-state index in [2.05, 4.69) is 5.32 Å². The molecular weight excluding hydrogens is 388 g/mol. The van der Waals surface area contributed by atoms with Crippen LogP contribution in [0.5, 0.6) is 0 Å². The first-order valence-corrected chi connectivity index (χ1v) is 10.3. The number of alkyl carbamates (subject to hydrolysis) is 1. The van der Waals surface area contributed by atoms with Crippen LogP contribution < -0.4 is 5.32 Å². The van der Waals surface area contributed by atoms with Crippen molar-refractivity contribution in [3.8, 4) is 0 Å². The van der Waals surface area contributed by atoms with Gasteiger partial charge in [-0.3, -0.25) is 4.90 Å². The van der Waals surface area contributed by atoms with Gasteiger partial charge in [0, 0.05) is 13.1 Å². The standard InChI is InChI=1S/C22H34N2O6/c1-6-11-18(19(25)28-7-2)24(15-14-23-20(26)30-22(3,4)5)21(27)29-16-17-12-9-8-10-13-17/h8-10,12-13,18H,6-7,11,14-16H2,1-5H3,(H,23,26). The van der Waals surface area contributed by atoms with Gasteiger partial charge < -0.3 is 19.5 Å². The summed E-state index contributed by atoms with van der Waals surface area (Å²) >= 11 is 0. The van der Waals surface area contributed by atoms with Crippen LogP contribution in [0.4, 0.5) is 9.59 Å². The quantitative estimate of drug-likeness (QED) is 0.454. The van der Waals surface area contributed by atoms with Gasteiger partial charge in [0.25, 0.3) is 0 Å². The molecule has 0 heterocycles. The van der Waals surface area contributed by atoms with Crippen molar-refractivity contribution in [3.05, 3.63) is 35.9 Å². The van der Waals surface area contributed by atoms with Crippen LogP contribution in [-0.2, 0) is 25.6 Å². The molecule has 1 rings (SSSR count). The minimum Gasteiger partial charge on any atom is -0.464 e. The van der Waals surface area contributed by atoms with E-state index in [0.717, 1.165) is 5.56 Å². The van der Waals surface area contributed by atoms with Gasteiger partial charge in [-0.2, -0.15) is 0 Å². The van der Waals surface area contributed by atoms with E-state index in [1.807, 2.05) is 37.3 Å². The van der Waals surface area contributed by atoms with Crippen LogP contribution in [0.3, 0.4) is 0 Å². The summed E-state index contributed by atoms with van der Waals surface area (Å²) in [5, 5.41) is 2.60. The molecule has 1 atom stereocenters. The molecule has 1 aromatic carbocycles. The molecule has 0 saturated heterocycles. The maximum atomic E-state index is 12.8. The molecule has 2 amide bonds. The smallest absolute Gasteiger partial charge is 0.410 e. The van der Waals surface area contributed by atoms with E-state index >= 15 is 0 Å². The third kappa shape index (κ3) is 9.62. The van der Waals surface area contributed by atoms with Gasteiger partial charge in [-0.25, -0.2) is 14.4 Å². The Morgan fingerprint density at radius 1 is 1.07 bits per heavy atom. The van der Waals surface area contributed by atoms with Crippen LogP contribution in [0, 0.1) is 0 Å². The SMILES string of the molecule is CCCC(C(=O)OCC)N(CCNC(=O)OC(C)(C)C)C(=O)OCc1ccccc1. The first-order valence-electron chi connectivity index (χ1n) is 10.3. The second-order valence-electron chi connectivity index (χ2n) is 7.72. The highest BCUT2D eigenvalue weighted by Crippen LogP contribution is 2.13. The van der Waals surface area contributed by atoms with Crippen LogP contribution in [0.1, 0.15) is 53.0 Å². The third-order valence-electron chi connectivity index (χ3n) is 3.96. The number of hydrogen-bond donors (Lipinski definition) is 1. The van der Waals surface area contributed by atoms with Crippen molar-refractivity contribution in [1.29, 1.82) is 0 Å². The number of esters is 1. The summed E-state index contributed by atoms with van der Waals surface area (Å²) in [6.45, 7) is 9.39. The average Bonchev–Trinajstić information content (AvgIpc) is 2.67. The lowest BCUT2D eigenvalue weighted by Crippen LogP contribution is -2.49. The van der Waals surface area contributed by atoms with Crippen LogP contribution in [0.25, 0.3) is 0 Å². The number of carbonyl (C=O) groups excluding carboxylic acids is 3. The molecule has 0 aromatic heterocycles. The van der Waals surface area contributed by atoms with Crippen LogP contribution in [0.2, 0.25) is 0 Å².